The van der Waals surface area contributed by atoms with Gasteiger partial charge in [-0.15, -0.1) is 0 Å². The number of carbonyl (C=O) groups excluding carboxylic acids is 2. The lowest BCUT2D eigenvalue weighted by atomic mass is 10.1. The maximum Gasteiger partial charge on any atom is 0.343 e. The Kier molecular flexibility index (Phi) is 6.39. The van der Waals surface area contributed by atoms with Crippen molar-refractivity contribution in [3.05, 3.63) is 53.6 Å². The molecule has 0 fully saturated rings. The molecule has 0 aromatic heterocycles. The quantitative estimate of drug-likeness (QED) is 0.566. The summed E-state index contributed by atoms with van der Waals surface area (Å²) < 4.78 is 20.9. The number of hydrogen-bond donors (Lipinski definition) is 0. The molecule has 2 aromatic rings. The standard InChI is InChI=1S/C19H20O6/c1-4-11-24-18(20)13-7-5-8-14(12-13)19(21)25-17-15(22-2)9-6-10-16(17)23-3/h5-10,12H,4,11H2,1-3H3. The van der Waals surface area contributed by atoms with Crippen molar-refractivity contribution in [2.24, 2.45) is 0 Å². The Morgan fingerprint density at radius 3 is 2.00 bits per heavy atom. The van der Waals surface area contributed by atoms with Gasteiger partial charge in [-0.3, -0.25) is 0 Å². The van der Waals surface area contributed by atoms with Crippen LogP contribution in [0.25, 0.3) is 0 Å². The first kappa shape index (κ1) is 18.3. The van der Waals surface area contributed by atoms with Crippen molar-refractivity contribution >= 4 is 11.9 Å². The van der Waals surface area contributed by atoms with Gasteiger partial charge in [0.1, 0.15) is 0 Å². The Balaban J connectivity index is 2.23. The van der Waals surface area contributed by atoms with Crippen LogP contribution in [0.4, 0.5) is 0 Å². The molecule has 0 N–H and O–H groups in total. The van der Waals surface area contributed by atoms with E-state index in [0.29, 0.717) is 18.1 Å². The van der Waals surface area contributed by atoms with Gasteiger partial charge in [0.15, 0.2) is 11.5 Å². The molecule has 0 aliphatic carbocycles. The van der Waals surface area contributed by atoms with E-state index in [9.17, 15) is 9.59 Å². The zero-order chi connectivity index (χ0) is 18.2. The van der Waals surface area contributed by atoms with Crippen LogP contribution in [0, 0.1) is 0 Å². The summed E-state index contributed by atoms with van der Waals surface area (Å²) >= 11 is 0. The second kappa shape index (κ2) is 8.73. The van der Waals surface area contributed by atoms with E-state index in [0.717, 1.165) is 6.42 Å². The molecule has 0 bridgehead atoms. The van der Waals surface area contributed by atoms with Crippen LogP contribution in [0.1, 0.15) is 34.1 Å². The van der Waals surface area contributed by atoms with Gasteiger partial charge in [-0.05, 0) is 36.8 Å². The summed E-state index contributed by atoms with van der Waals surface area (Å²) in [6, 6.07) is 11.2. The highest BCUT2D eigenvalue weighted by Crippen LogP contribution is 2.37. The van der Waals surface area contributed by atoms with Gasteiger partial charge < -0.3 is 18.9 Å². The van der Waals surface area contributed by atoms with Crippen molar-refractivity contribution in [2.75, 3.05) is 20.8 Å². The molecule has 25 heavy (non-hydrogen) atoms. The third-order valence-electron chi connectivity index (χ3n) is 3.35. The molecule has 0 amide bonds. The van der Waals surface area contributed by atoms with Crippen LogP contribution in [0.3, 0.4) is 0 Å². The van der Waals surface area contributed by atoms with Crippen LogP contribution < -0.4 is 14.2 Å². The van der Waals surface area contributed by atoms with Crippen LogP contribution in [-0.4, -0.2) is 32.8 Å². The highest BCUT2D eigenvalue weighted by atomic mass is 16.6. The number of ether oxygens (including phenoxy) is 4. The molecule has 132 valence electrons. The fraction of sp³-hybridized carbons (Fsp3) is 0.263. The van der Waals surface area contributed by atoms with Gasteiger partial charge in [-0.25, -0.2) is 9.59 Å². The molecule has 0 atom stereocenters. The first-order valence-corrected chi connectivity index (χ1v) is 7.81. The lowest BCUT2D eigenvalue weighted by Crippen LogP contribution is -2.12. The van der Waals surface area contributed by atoms with E-state index < -0.39 is 11.9 Å². The highest BCUT2D eigenvalue weighted by Gasteiger charge is 2.18. The van der Waals surface area contributed by atoms with E-state index >= 15 is 0 Å². The largest absolute Gasteiger partial charge is 0.493 e. The molecule has 0 unspecified atom stereocenters. The number of methoxy groups -OCH3 is 2. The van der Waals surface area contributed by atoms with Crippen LogP contribution in [0.5, 0.6) is 17.2 Å². The van der Waals surface area contributed by atoms with E-state index in [4.69, 9.17) is 18.9 Å². The molecule has 0 saturated heterocycles. The third-order valence-corrected chi connectivity index (χ3v) is 3.35. The van der Waals surface area contributed by atoms with Crippen LogP contribution >= 0.6 is 0 Å². The Morgan fingerprint density at radius 1 is 0.880 bits per heavy atom. The molecule has 0 saturated carbocycles. The zero-order valence-corrected chi connectivity index (χ0v) is 14.4. The number of esters is 2. The first-order chi connectivity index (χ1) is 12.1. The van der Waals surface area contributed by atoms with E-state index in [1.165, 1.54) is 20.3 Å². The summed E-state index contributed by atoms with van der Waals surface area (Å²) in [4.78, 5) is 24.4. The number of rotatable bonds is 7. The van der Waals surface area contributed by atoms with Gasteiger partial charge in [0.2, 0.25) is 5.75 Å². The maximum atomic E-state index is 12.5. The predicted octanol–water partition coefficient (Wildman–Crippen LogP) is 3.49. The molecule has 0 aliphatic rings. The summed E-state index contributed by atoms with van der Waals surface area (Å²) in [5, 5.41) is 0. The normalized spacial score (nSPS) is 10.0. The molecule has 6 nitrogen and oxygen atoms in total. The summed E-state index contributed by atoms with van der Waals surface area (Å²) in [7, 11) is 2.94. The Labute approximate surface area is 146 Å². The van der Waals surface area contributed by atoms with Gasteiger partial charge in [0, 0.05) is 0 Å². The molecule has 2 rings (SSSR count). The van der Waals surface area contributed by atoms with Crippen LogP contribution in [0.2, 0.25) is 0 Å². The minimum Gasteiger partial charge on any atom is -0.493 e. The fourth-order valence-electron chi connectivity index (χ4n) is 2.12. The average molecular weight is 344 g/mol. The molecule has 0 radical (unpaired) electrons. The van der Waals surface area contributed by atoms with Crippen molar-refractivity contribution in [1.82, 2.24) is 0 Å². The smallest absolute Gasteiger partial charge is 0.343 e. The minimum atomic E-state index is -0.632. The molecular weight excluding hydrogens is 324 g/mol. The molecule has 0 spiro atoms. The summed E-state index contributed by atoms with van der Waals surface area (Å²) in [5.41, 5.74) is 0.508. The van der Waals surface area contributed by atoms with Gasteiger partial charge in [-0.1, -0.05) is 19.1 Å². The molecular formula is C19H20O6. The number of benzene rings is 2. The summed E-state index contributed by atoms with van der Waals surface area (Å²) in [5.74, 6) is -0.201. The van der Waals surface area contributed by atoms with Gasteiger partial charge in [0.05, 0.1) is 32.0 Å². The van der Waals surface area contributed by atoms with Crippen molar-refractivity contribution in [3.63, 3.8) is 0 Å². The van der Waals surface area contributed by atoms with Crippen LogP contribution in [-0.2, 0) is 4.74 Å². The molecule has 0 heterocycles. The van der Waals surface area contributed by atoms with Crippen molar-refractivity contribution in [3.8, 4) is 17.2 Å². The average Bonchev–Trinajstić information content (AvgIpc) is 2.66. The second-order valence-corrected chi connectivity index (χ2v) is 5.10. The number of hydrogen-bond acceptors (Lipinski definition) is 6. The fourth-order valence-corrected chi connectivity index (χ4v) is 2.12. The molecule has 6 heteroatoms. The zero-order valence-electron chi connectivity index (χ0n) is 14.4. The Morgan fingerprint density at radius 2 is 1.44 bits per heavy atom. The summed E-state index contributed by atoms with van der Waals surface area (Å²) in [6.45, 7) is 2.23. The van der Waals surface area contributed by atoms with E-state index in [1.807, 2.05) is 6.92 Å². The number of para-hydroxylation sites is 1. The Hall–Kier alpha value is -3.02. The Bertz CT molecular complexity index is 731. The lowest BCUT2D eigenvalue weighted by molar-refractivity contribution is 0.0505. The molecule has 2 aromatic carbocycles. The summed E-state index contributed by atoms with van der Waals surface area (Å²) in [6.07, 6.45) is 0.723. The minimum absolute atomic E-state index is 0.177. The van der Waals surface area contributed by atoms with Gasteiger partial charge in [0.25, 0.3) is 0 Å². The SMILES string of the molecule is CCCOC(=O)c1cccc(C(=O)Oc2c(OC)cccc2OC)c1. The number of carbonyl (C=O) groups is 2. The second-order valence-electron chi connectivity index (χ2n) is 5.10. The van der Waals surface area contributed by atoms with Crippen molar-refractivity contribution < 1.29 is 28.5 Å². The van der Waals surface area contributed by atoms with Gasteiger partial charge >= 0.3 is 11.9 Å². The predicted molar refractivity (Wildman–Crippen MR) is 91.5 cm³/mol. The van der Waals surface area contributed by atoms with E-state index in [-0.39, 0.29) is 16.9 Å². The maximum absolute atomic E-state index is 12.5. The van der Waals surface area contributed by atoms with E-state index in [2.05, 4.69) is 0 Å². The third kappa shape index (κ3) is 4.50. The lowest BCUT2D eigenvalue weighted by Gasteiger charge is -2.13. The topological polar surface area (TPSA) is 71.1 Å². The highest BCUT2D eigenvalue weighted by molar-refractivity contribution is 5.96. The molecule has 0 aliphatic heterocycles. The van der Waals surface area contributed by atoms with Crippen molar-refractivity contribution in [1.29, 1.82) is 0 Å². The monoisotopic (exact) mass is 344 g/mol. The first-order valence-electron chi connectivity index (χ1n) is 7.81. The van der Waals surface area contributed by atoms with E-state index in [1.54, 1.807) is 36.4 Å². The van der Waals surface area contributed by atoms with Crippen molar-refractivity contribution in [2.45, 2.75) is 13.3 Å². The van der Waals surface area contributed by atoms with Gasteiger partial charge in [-0.2, -0.15) is 0 Å². The van der Waals surface area contributed by atoms with Crippen LogP contribution in [0.15, 0.2) is 42.5 Å².